The average molecular weight is 1000 g/mol. The van der Waals surface area contributed by atoms with Crippen LogP contribution in [0.3, 0.4) is 0 Å². The summed E-state index contributed by atoms with van der Waals surface area (Å²) in [4.78, 5) is 26.6. The molecular formula is C43H54B9Cl6N4O4. The zero-order chi connectivity index (χ0) is 47.8. The number of quaternary nitrogens is 1. The third-order valence-electron chi connectivity index (χ3n) is 9.85. The van der Waals surface area contributed by atoms with Gasteiger partial charge in [-0.25, -0.2) is 0 Å². The van der Waals surface area contributed by atoms with Crippen LogP contribution in [0, 0.1) is 0 Å². The Hall–Kier alpha value is -2.02. The maximum atomic E-state index is 12.4. The lowest BCUT2D eigenvalue weighted by Gasteiger charge is -2.40. The summed E-state index contributed by atoms with van der Waals surface area (Å²) in [6, 6.07) is 26.3. The second-order valence-electron chi connectivity index (χ2n) is 15.6. The van der Waals surface area contributed by atoms with E-state index in [2.05, 4.69) is 79.1 Å². The number of nitrogens with one attached hydrogen (secondary N) is 2. The molecule has 66 heavy (non-hydrogen) atoms. The van der Waals surface area contributed by atoms with Gasteiger partial charge in [-0.2, -0.15) is 0 Å². The lowest BCUT2D eigenvalue weighted by Crippen LogP contribution is -3.00. The van der Waals surface area contributed by atoms with Crippen molar-refractivity contribution in [3.8, 4) is 0 Å². The third-order valence-corrected chi connectivity index (χ3v) is 11.6. The number of ether oxygens (including phenoxy) is 2. The molecule has 0 bridgehead atoms. The molecule has 2 N–H and O–H groups in total. The predicted octanol–water partition coefficient (Wildman–Crippen LogP) is 4.93. The molecule has 23 heteroatoms. The van der Waals surface area contributed by atoms with Gasteiger partial charge < -0.3 is 41.9 Å². The van der Waals surface area contributed by atoms with E-state index in [1.807, 2.05) is 24.3 Å². The van der Waals surface area contributed by atoms with E-state index in [1.54, 1.807) is 42.5 Å². The van der Waals surface area contributed by atoms with Gasteiger partial charge in [0.2, 0.25) is 0 Å². The maximum Gasteiger partial charge on any atom is 0.255 e. The Kier molecular flexibility index (Phi) is 33.3. The van der Waals surface area contributed by atoms with E-state index in [-0.39, 0.29) is 31.6 Å². The van der Waals surface area contributed by atoms with Gasteiger partial charge in [0.15, 0.2) is 0 Å². The maximum absolute atomic E-state index is 12.4. The highest BCUT2D eigenvalue weighted by atomic mass is 35.5. The molecule has 2 amide bonds. The predicted molar refractivity (Wildman–Crippen MR) is 287 cm³/mol. The molecule has 339 valence electrons. The van der Waals surface area contributed by atoms with Gasteiger partial charge in [-0.1, -0.05) is 78.1 Å². The minimum Gasteiger partial charge on any atom is -1.00 e. The topological polar surface area (TPSA) is 79.9 Å². The van der Waals surface area contributed by atoms with Gasteiger partial charge >= 0.3 is 0 Å². The Labute approximate surface area is 435 Å². The highest BCUT2D eigenvalue weighted by Crippen LogP contribution is 2.26. The minimum atomic E-state index is -0.667. The van der Waals surface area contributed by atoms with E-state index in [4.69, 9.17) is 90.7 Å². The molecule has 2 aliphatic rings. The number of alkyl halides is 1. The van der Waals surface area contributed by atoms with E-state index < -0.39 is 12.8 Å². The van der Waals surface area contributed by atoms with Crippen molar-refractivity contribution in [3.63, 3.8) is 0 Å². The first-order valence-electron chi connectivity index (χ1n) is 20.5. The van der Waals surface area contributed by atoms with Crippen LogP contribution in [0.15, 0.2) is 84.9 Å². The Morgan fingerprint density at radius 2 is 1.05 bits per heavy atom. The number of rotatable bonds is 10. The first-order valence-corrected chi connectivity index (χ1v) is 22.5. The second-order valence-corrected chi connectivity index (χ2v) is 17.5. The molecule has 4 aromatic carbocycles. The SMILES string of the molecule is C.CN(C)C1CCOCC1.C[N+](C)(Cc1ccc(NC(=O)c2ccc(Cl)c(Cl)c2)cc1)C1CCOCC1.O=C(Nc1ccc(CCl)cc1)c1ccc(Cl)c(Cl)c1.[B]B([B])[B].[B][B]B([B])[B].[Cl-]. The van der Waals surface area contributed by atoms with Gasteiger partial charge in [-0.3, -0.25) is 9.59 Å². The fraction of sp³-hybridized carbons (Fsp3) is 0.395. The molecule has 0 spiro atoms. The minimum absolute atomic E-state index is 0. The van der Waals surface area contributed by atoms with E-state index in [0.717, 1.165) is 67.6 Å². The van der Waals surface area contributed by atoms with Gasteiger partial charge in [0.25, 0.3) is 11.8 Å². The van der Waals surface area contributed by atoms with E-state index in [9.17, 15) is 9.59 Å². The normalized spacial score (nSPS) is 13.3. The van der Waals surface area contributed by atoms with Crippen LogP contribution < -0.4 is 23.0 Å². The van der Waals surface area contributed by atoms with E-state index in [1.165, 1.54) is 31.5 Å². The number of carbonyl (C=O) groups excluding carboxylic acids is 2. The summed E-state index contributed by atoms with van der Waals surface area (Å²) in [5.41, 5.74) is 4.63. The van der Waals surface area contributed by atoms with Gasteiger partial charge in [-0.05, 0) is 93.2 Å². The number of carbonyl (C=O) groups is 2. The van der Waals surface area contributed by atoms with Crippen molar-refractivity contribution in [2.24, 2.45) is 0 Å². The number of hydrogen-bond acceptors (Lipinski definition) is 5. The zero-order valence-corrected chi connectivity index (χ0v) is 41.8. The van der Waals surface area contributed by atoms with Crippen molar-refractivity contribution in [2.75, 3.05) is 65.3 Å². The molecule has 13 radical (unpaired) electrons. The van der Waals surface area contributed by atoms with Crippen molar-refractivity contribution in [2.45, 2.75) is 57.6 Å². The molecule has 4 aromatic rings. The number of anilines is 2. The van der Waals surface area contributed by atoms with Gasteiger partial charge in [0, 0.05) is 132 Å². The second kappa shape index (κ2) is 34.3. The number of hydrogen-bond donors (Lipinski definition) is 2. The first kappa shape index (κ1) is 64.0. The molecule has 6 rings (SSSR count). The van der Waals surface area contributed by atoms with Crippen LogP contribution in [0.4, 0.5) is 11.4 Å². The number of benzene rings is 4. The quantitative estimate of drug-likeness (QED) is 0.134. The third kappa shape index (κ3) is 25.6. The summed E-state index contributed by atoms with van der Waals surface area (Å²) in [5, 5.41) is 7.24. The molecule has 0 aromatic heterocycles. The molecule has 0 saturated carbocycles. The van der Waals surface area contributed by atoms with E-state index in [0.29, 0.717) is 48.8 Å². The highest BCUT2D eigenvalue weighted by molar-refractivity contribution is 7.60. The number of halogens is 6. The highest BCUT2D eigenvalue weighted by Gasteiger charge is 2.30. The first-order chi connectivity index (χ1) is 30.3. The van der Waals surface area contributed by atoms with Crippen molar-refractivity contribution in [1.29, 1.82) is 0 Å². The number of amides is 2. The van der Waals surface area contributed by atoms with Crippen LogP contribution in [0.5, 0.6) is 0 Å². The van der Waals surface area contributed by atoms with Crippen LogP contribution in [0.2, 0.25) is 20.1 Å². The van der Waals surface area contributed by atoms with Crippen molar-refractivity contribution in [1.82, 2.24) is 4.90 Å². The Bertz CT molecular complexity index is 1980. The summed E-state index contributed by atoms with van der Waals surface area (Å²) >= 11 is 29.3. The van der Waals surface area contributed by atoms with Crippen molar-refractivity contribution < 1.29 is 36.0 Å². The fourth-order valence-corrected chi connectivity index (χ4v) is 7.01. The molecule has 2 saturated heterocycles. The summed E-state index contributed by atoms with van der Waals surface area (Å²) in [5.74, 6) is -0.00193. The van der Waals surface area contributed by atoms with Gasteiger partial charge in [-0.15, -0.1) is 11.6 Å². The Morgan fingerprint density at radius 1 is 0.682 bits per heavy atom. The lowest BCUT2D eigenvalue weighted by atomic mass is 8.97. The van der Waals surface area contributed by atoms with Crippen LogP contribution in [0.1, 0.15) is 65.0 Å². The molecular weight excluding hydrogens is 947 g/mol. The molecule has 8 nitrogen and oxygen atoms in total. The molecule has 2 fully saturated rings. The van der Waals surface area contributed by atoms with Crippen LogP contribution >= 0.6 is 58.0 Å². The molecule has 2 aliphatic heterocycles. The van der Waals surface area contributed by atoms with Gasteiger partial charge in [0.05, 0.1) is 53.4 Å². The summed E-state index contributed by atoms with van der Waals surface area (Å²) in [6.45, 7) is 4.55. The lowest BCUT2D eigenvalue weighted by molar-refractivity contribution is -0.929. The summed E-state index contributed by atoms with van der Waals surface area (Å²) in [7, 11) is 38.6. The Morgan fingerprint density at radius 3 is 1.36 bits per heavy atom. The number of nitrogens with zero attached hydrogens (tertiary/aromatic N) is 2. The van der Waals surface area contributed by atoms with Crippen LogP contribution in [-0.4, -0.2) is 154 Å². The van der Waals surface area contributed by atoms with Gasteiger partial charge in [0.1, 0.15) is 6.54 Å². The van der Waals surface area contributed by atoms with Crippen molar-refractivity contribution >= 4 is 147 Å². The summed E-state index contributed by atoms with van der Waals surface area (Å²) in [6.07, 6.45) is 3.48. The molecule has 0 atom stereocenters. The fourth-order valence-electron chi connectivity index (χ4n) is 6.24. The van der Waals surface area contributed by atoms with E-state index >= 15 is 0 Å². The zero-order valence-electron chi connectivity index (χ0n) is 37.3. The standard InChI is InChI=1S/C21H24Cl2N2O2.C14H10Cl3NO.C7H15NO.CH4.B5.B4.ClH/c1-25(2,18-9-11-27-12-10-18)14-15-3-6-17(7-4-15)24-21(26)16-5-8-19(22)20(23)13-16;15-8-9-1-4-11(5-2-9)18-14(19)10-3-6-12(16)13(17)7-10;1-8(2)7-3-5-9-6-4-7;;1-4-5(2)3;1-4(2)3;/h3-8,13,18H,9-12,14H2,1-2H3;1-7H,8H2,(H,18,19);7H,3-6H2,1-2H3;1H4;;;1H. The van der Waals surface area contributed by atoms with Crippen LogP contribution in [0.25, 0.3) is 0 Å². The largest absolute Gasteiger partial charge is 1.00 e. The average Bonchev–Trinajstić information content (AvgIpc) is 3.27. The molecule has 2 heterocycles. The Balaban J connectivity index is 0.000000937. The molecule has 0 aliphatic carbocycles. The monoisotopic (exact) mass is 999 g/mol. The molecule has 0 unspecified atom stereocenters. The van der Waals surface area contributed by atoms with Crippen LogP contribution in [-0.2, 0) is 21.9 Å². The smallest absolute Gasteiger partial charge is 0.255 e. The summed E-state index contributed by atoms with van der Waals surface area (Å²) < 4.78 is 11.6. The van der Waals surface area contributed by atoms with Crippen molar-refractivity contribution in [3.05, 3.63) is 127 Å².